The Morgan fingerprint density at radius 3 is 1.64 bits per heavy atom. The molecule has 0 heterocycles. The van der Waals surface area contributed by atoms with Gasteiger partial charge in [0.1, 0.15) is 0 Å². The van der Waals surface area contributed by atoms with E-state index in [1.165, 1.54) is 0 Å². The molecule has 0 spiro atoms. The van der Waals surface area contributed by atoms with E-state index in [1.807, 2.05) is 6.92 Å². The second-order valence-electron chi connectivity index (χ2n) is 3.19. The first-order chi connectivity index (χ1) is 6.85. The van der Waals surface area contributed by atoms with E-state index in [-0.39, 0.29) is 0 Å². The van der Waals surface area contributed by atoms with E-state index in [9.17, 15) is 0 Å². The fraction of sp³-hybridized carbons (Fsp3) is 1.00. The summed E-state index contributed by atoms with van der Waals surface area (Å²) >= 11 is 0. The van der Waals surface area contributed by atoms with Gasteiger partial charge in [-0.2, -0.15) is 0 Å². The van der Waals surface area contributed by atoms with Crippen LogP contribution in [0, 0.1) is 0 Å². The quantitative estimate of drug-likeness (QED) is 0.402. The molecular weight excluding hydrogens is 179 g/mol. The molecule has 0 radical (unpaired) electrons. The van der Waals surface area contributed by atoms with Gasteiger partial charge in [-0.3, -0.25) is 0 Å². The summed E-state index contributed by atoms with van der Waals surface area (Å²) < 4.78 is 16.1. The molecule has 14 heavy (non-hydrogen) atoms. The summed E-state index contributed by atoms with van der Waals surface area (Å²) in [5, 5.41) is 0. The normalized spacial score (nSPS) is 10.5. The Kier molecular flexibility index (Phi) is 11.0. The van der Waals surface area contributed by atoms with Crippen LogP contribution in [-0.2, 0) is 14.0 Å². The van der Waals surface area contributed by atoms with Gasteiger partial charge in [0.05, 0.1) is 0 Å². The van der Waals surface area contributed by atoms with Gasteiger partial charge < -0.3 is 14.0 Å². The lowest BCUT2D eigenvalue weighted by Gasteiger charge is -2.12. The number of hydrogen-bond donors (Lipinski definition) is 0. The fourth-order valence-corrected chi connectivity index (χ4v) is 0.928. The monoisotopic (exact) mass is 202 g/mol. The summed E-state index contributed by atoms with van der Waals surface area (Å²) in [4.78, 5) is 0. The number of hydrogen-bond acceptors (Lipinski definition) is 3. The predicted octanol–water partition coefficient (Wildman–Crippen LogP) is 2.64. The van der Waals surface area contributed by atoms with Crippen LogP contribution in [0.25, 0.3) is 0 Å². The lowest BCUT2D eigenvalue weighted by atomic mass is 10.2. The van der Waals surface area contributed by atoms with Crippen molar-refractivity contribution in [1.29, 1.82) is 0 Å². The van der Waals surface area contributed by atoms with Gasteiger partial charge >= 0.3 is 7.32 Å². The van der Waals surface area contributed by atoms with Crippen LogP contribution in [0.1, 0.15) is 46.5 Å². The highest BCUT2D eigenvalue weighted by atomic mass is 16.7. The molecule has 0 saturated carbocycles. The van der Waals surface area contributed by atoms with Crippen LogP contribution in [0.15, 0.2) is 0 Å². The topological polar surface area (TPSA) is 27.7 Å². The highest BCUT2D eigenvalue weighted by molar-refractivity contribution is 6.36. The van der Waals surface area contributed by atoms with Crippen molar-refractivity contribution in [3.8, 4) is 0 Å². The van der Waals surface area contributed by atoms with Crippen molar-refractivity contribution >= 4 is 7.32 Å². The third-order valence-electron chi connectivity index (χ3n) is 1.81. The van der Waals surface area contributed by atoms with Crippen molar-refractivity contribution in [1.82, 2.24) is 0 Å². The van der Waals surface area contributed by atoms with Crippen molar-refractivity contribution in [3.63, 3.8) is 0 Å². The van der Waals surface area contributed by atoms with Gasteiger partial charge in [0.2, 0.25) is 0 Å². The second-order valence-corrected chi connectivity index (χ2v) is 3.19. The average molecular weight is 202 g/mol. The van der Waals surface area contributed by atoms with E-state index < -0.39 is 7.32 Å². The molecule has 0 rings (SSSR count). The first-order valence-corrected chi connectivity index (χ1v) is 5.69. The third-order valence-corrected chi connectivity index (χ3v) is 1.81. The van der Waals surface area contributed by atoms with Gasteiger partial charge in [0.25, 0.3) is 0 Å². The molecule has 0 amide bonds. The minimum absolute atomic E-state index is 0.460. The zero-order valence-corrected chi connectivity index (χ0v) is 9.75. The van der Waals surface area contributed by atoms with E-state index in [4.69, 9.17) is 14.0 Å². The Hall–Kier alpha value is -0.0551. The molecule has 4 heteroatoms. The Balaban J connectivity index is 3.44. The maximum Gasteiger partial charge on any atom is 0.639 e. The fourth-order valence-electron chi connectivity index (χ4n) is 0.928. The van der Waals surface area contributed by atoms with E-state index >= 15 is 0 Å². The summed E-state index contributed by atoms with van der Waals surface area (Å²) in [5.41, 5.74) is 0. The molecule has 0 aromatic rings. The standard InChI is InChI=1S/C10H23BO3/c1-4-7-9-13-11(12-6-3)14-10-8-5-2/h4-10H2,1-3H3. The molecule has 3 nitrogen and oxygen atoms in total. The van der Waals surface area contributed by atoms with Crippen LogP contribution in [0.4, 0.5) is 0 Å². The Morgan fingerprint density at radius 2 is 1.29 bits per heavy atom. The van der Waals surface area contributed by atoms with Gasteiger partial charge in [-0.05, 0) is 19.8 Å². The van der Waals surface area contributed by atoms with Crippen molar-refractivity contribution in [3.05, 3.63) is 0 Å². The smallest absolute Gasteiger partial charge is 0.386 e. The zero-order chi connectivity index (χ0) is 10.6. The third kappa shape index (κ3) is 8.54. The molecule has 0 N–H and O–H groups in total. The summed E-state index contributed by atoms with van der Waals surface area (Å²) in [5.74, 6) is 0. The van der Waals surface area contributed by atoms with Crippen LogP contribution in [0.2, 0.25) is 0 Å². The minimum Gasteiger partial charge on any atom is -0.386 e. The largest absolute Gasteiger partial charge is 0.639 e. The van der Waals surface area contributed by atoms with Crippen molar-refractivity contribution in [2.24, 2.45) is 0 Å². The van der Waals surface area contributed by atoms with Gasteiger partial charge in [-0.15, -0.1) is 0 Å². The first kappa shape index (κ1) is 13.9. The van der Waals surface area contributed by atoms with E-state index in [0.717, 1.165) is 25.7 Å². The lowest BCUT2D eigenvalue weighted by molar-refractivity contribution is 0.0952. The molecule has 0 fully saturated rings. The van der Waals surface area contributed by atoms with Crippen LogP contribution in [-0.4, -0.2) is 27.1 Å². The van der Waals surface area contributed by atoms with E-state index in [2.05, 4.69) is 13.8 Å². The van der Waals surface area contributed by atoms with Gasteiger partial charge in [-0.25, -0.2) is 0 Å². The van der Waals surface area contributed by atoms with Gasteiger partial charge in [0, 0.05) is 19.8 Å². The molecule has 0 aliphatic rings. The SMILES string of the molecule is CCCCOB(OCC)OCCCC. The van der Waals surface area contributed by atoms with E-state index in [0.29, 0.717) is 19.8 Å². The number of rotatable bonds is 10. The van der Waals surface area contributed by atoms with Crippen molar-refractivity contribution in [2.45, 2.75) is 46.5 Å². The Morgan fingerprint density at radius 1 is 0.786 bits per heavy atom. The lowest BCUT2D eigenvalue weighted by Crippen LogP contribution is -2.28. The van der Waals surface area contributed by atoms with Crippen molar-refractivity contribution in [2.75, 3.05) is 19.8 Å². The molecule has 0 saturated heterocycles. The molecule has 84 valence electrons. The summed E-state index contributed by atoms with van der Waals surface area (Å²) in [7, 11) is -0.460. The highest BCUT2D eigenvalue weighted by Gasteiger charge is 2.19. The van der Waals surface area contributed by atoms with Gasteiger partial charge in [-0.1, -0.05) is 26.7 Å². The Labute approximate surface area is 88.3 Å². The van der Waals surface area contributed by atoms with Crippen molar-refractivity contribution < 1.29 is 14.0 Å². The molecular formula is C10H23BO3. The molecule has 0 atom stereocenters. The maximum absolute atomic E-state index is 5.43. The molecule has 0 bridgehead atoms. The molecule has 0 aliphatic carbocycles. The first-order valence-electron chi connectivity index (χ1n) is 5.69. The minimum atomic E-state index is -0.460. The molecule has 0 aromatic carbocycles. The van der Waals surface area contributed by atoms with E-state index in [1.54, 1.807) is 0 Å². The zero-order valence-electron chi connectivity index (χ0n) is 9.75. The summed E-state index contributed by atoms with van der Waals surface area (Å²) in [6, 6.07) is 0. The molecule has 0 unspecified atom stereocenters. The van der Waals surface area contributed by atoms with Crippen LogP contribution >= 0.6 is 0 Å². The molecule has 0 aliphatic heterocycles. The average Bonchev–Trinajstić information content (AvgIpc) is 2.18. The molecule has 0 aromatic heterocycles. The van der Waals surface area contributed by atoms with Crippen LogP contribution < -0.4 is 0 Å². The van der Waals surface area contributed by atoms with Gasteiger partial charge in [0.15, 0.2) is 0 Å². The summed E-state index contributed by atoms with van der Waals surface area (Å²) in [6.45, 7) is 8.27. The Bertz CT molecular complexity index is 102. The number of unbranched alkanes of at least 4 members (excludes halogenated alkanes) is 2. The van der Waals surface area contributed by atoms with Crippen LogP contribution in [0.3, 0.4) is 0 Å². The second kappa shape index (κ2) is 11.0. The summed E-state index contributed by atoms with van der Waals surface area (Å²) in [6.07, 6.45) is 4.38. The van der Waals surface area contributed by atoms with Crippen LogP contribution in [0.5, 0.6) is 0 Å². The highest BCUT2D eigenvalue weighted by Crippen LogP contribution is 1.98. The predicted molar refractivity (Wildman–Crippen MR) is 59.1 cm³/mol. The maximum atomic E-state index is 5.43.